The van der Waals surface area contributed by atoms with Gasteiger partial charge in [0.1, 0.15) is 30.5 Å². The van der Waals surface area contributed by atoms with Crippen LogP contribution < -0.4 is 0 Å². The molecule has 0 amide bonds. The van der Waals surface area contributed by atoms with Crippen molar-refractivity contribution < 1.29 is 56.2 Å². The summed E-state index contributed by atoms with van der Waals surface area (Å²) in [6.45, 7) is 3.88. The number of aliphatic hydroxyl groups is 3. The van der Waals surface area contributed by atoms with Gasteiger partial charge in [-0.25, -0.2) is 4.18 Å². The van der Waals surface area contributed by atoms with Crippen LogP contribution in [0.2, 0.25) is 0 Å². The molecule has 0 aromatic rings. The Morgan fingerprint density at radius 3 is 1.55 bits per heavy atom. The number of carbonyl (C=O) groups is 1. The summed E-state index contributed by atoms with van der Waals surface area (Å²) >= 11 is 0. The van der Waals surface area contributed by atoms with Crippen LogP contribution in [0.3, 0.4) is 0 Å². The van der Waals surface area contributed by atoms with Crippen LogP contribution in [0.4, 0.5) is 0 Å². The standard InChI is InChI=1S/C53H96O12S/c1-3-5-7-9-11-13-15-17-19-20-21-22-23-24-25-26-27-29-31-33-35-37-39-41-43-61-45-47(46-62-53-51(57)52(65-66(58,59)60)50(56)48(44-54)64-53)63-49(55)42-40-38-36-34-32-30-28-18-16-14-12-10-8-6-4-2/h6,8,12,14,18,20-21,28,47-48,50-54,56-57H,3-5,7,9-11,13,15-17,19,22-27,29-46H2,1-2H3,(H,58,59,60)/b8-6-,14-12-,21-20-,28-18-. The van der Waals surface area contributed by atoms with E-state index in [4.69, 9.17) is 18.9 Å². The van der Waals surface area contributed by atoms with E-state index in [-0.39, 0.29) is 19.6 Å². The molecule has 12 nitrogen and oxygen atoms in total. The van der Waals surface area contributed by atoms with Crippen LogP contribution in [0.15, 0.2) is 48.6 Å². The molecule has 1 rings (SSSR count). The third-order valence-electron chi connectivity index (χ3n) is 11.9. The zero-order chi connectivity index (χ0) is 48.2. The third-order valence-corrected chi connectivity index (χ3v) is 12.4. The van der Waals surface area contributed by atoms with Gasteiger partial charge < -0.3 is 34.3 Å². The molecule has 0 aromatic heterocycles. The van der Waals surface area contributed by atoms with Gasteiger partial charge in [0, 0.05) is 13.0 Å². The Morgan fingerprint density at radius 2 is 1.05 bits per heavy atom. The molecule has 1 heterocycles. The molecule has 1 fully saturated rings. The largest absolute Gasteiger partial charge is 0.457 e. The van der Waals surface area contributed by atoms with Crippen LogP contribution in [0.5, 0.6) is 0 Å². The number of unbranched alkanes of at least 4 members (excludes halogenated alkanes) is 25. The van der Waals surface area contributed by atoms with Crippen LogP contribution in [-0.2, 0) is 38.3 Å². The highest BCUT2D eigenvalue weighted by molar-refractivity contribution is 7.80. The van der Waals surface area contributed by atoms with Gasteiger partial charge in [-0.1, -0.05) is 191 Å². The van der Waals surface area contributed by atoms with Gasteiger partial charge in [0.15, 0.2) is 6.29 Å². The molecule has 1 saturated heterocycles. The molecule has 4 N–H and O–H groups in total. The highest BCUT2D eigenvalue weighted by Gasteiger charge is 2.48. The first-order valence-corrected chi connectivity index (χ1v) is 27.8. The van der Waals surface area contributed by atoms with Gasteiger partial charge in [-0.3, -0.25) is 9.35 Å². The zero-order valence-electron chi connectivity index (χ0n) is 41.5. The average molecular weight is 957 g/mol. The van der Waals surface area contributed by atoms with E-state index in [1.54, 1.807) is 0 Å². The fourth-order valence-electron chi connectivity index (χ4n) is 7.98. The number of carbonyl (C=O) groups excluding carboxylic acids is 1. The van der Waals surface area contributed by atoms with Crippen LogP contribution in [0.25, 0.3) is 0 Å². The van der Waals surface area contributed by atoms with E-state index >= 15 is 0 Å². The van der Waals surface area contributed by atoms with E-state index in [1.165, 1.54) is 122 Å². The summed E-state index contributed by atoms with van der Waals surface area (Å²) in [5.74, 6) is -0.415. The fourth-order valence-corrected chi connectivity index (χ4v) is 8.49. The van der Waals surface area contributed by atoms with Crippen LogP contribution in [0.1, 0.15) is 219 Å². The topological polar surface area (TPSA) is 178 Å². The van der Waals surface area contributed by atoms with Crippen LogP contribution in [-0.4, -0.2) is 97.5 Å². The van der Waals surface area contributed by atoms with Gasteiger partial charge >= 0.3 is 16.4 Å². The minimum Gasteiger partial charge on any atom is -0.457 e. The van der Waals surface area contributed by atoms with Crippen molar-refractivity contribution in [2.75, 3.05) is 26.4 Å². The Bertz CT molecular complexity index is 1340. The Kier molecular flexibility index (Phi) is 41.6. The highest BCUT2D eigenvalue weighted by Crippen LogP contribution is 2.26. The van der Waals surface area contributed by atoms with E-state index in [0.29, 0.717) is 13.0 Å². The maximum atomic E-state index is 12.9. The number of ether oxygens (including phenoxy) is 4. The molecule has 1 aliphatic heterocycles. The van der Waals surface area contributed by atoms with Gasteiger partial charge in [0.25, 0.3) is 0 Å². The van der Waals surface area contributed by atoms with Gasteiger partial charge in [-0.15, -0.1) is 0 Å². The predicted octanol–water partition coefficient (Wildman–Crippen LogP) is 12.3. The third kappa shape index (κ3) is 37.0. The maximum Gasteiger partial charge on any atom is 0.397 e. The number of esters is 1. The molecule has 6 unspecified atom stereocenters. The van der Waals surface area contributed by atoms with Crippen molar-refractivity contribution in [1.82, 2.24) is 0 Å². The van der Waals surface area contributed by atoms with Crippen molar-refractivity contribution >= 4 is 16.4 Å². The minimum absolute atomic E-state index is 0.0286. The average Bonchev–Trinajstić information content (AvgIpc) is 3.29. The fraction of sp³-hybridized carbons (Fsp3) is 0.830. The first kappa shape index (κ1) is 62.1. The summed E-state index contributed by atoms with van der Waals surface area (Å²) < 4.78 is 59.2. The number of allylic oxidation sites excluding steroid dienone is 8. The summed E-state index contributed by atoms with van der Waals surface area (Å²) in [4.78, 5) is 12.9. The minimum atomic E-state index is -5.07. The summed E-state index contributed by atoms with van der Waals surface area (Å²) in [7, 11) is -5.07. The molecule has 0 bridgehead atoms. The Morgan fingerprint density at radius 1 is 0.591 bits per heavy atom. The second-order valence-electron chi connectivity index (χ2n) is 18.1. The Balaban J connectivity index is 2.32. The lowest BCUT2D eigenvalue weighted by Crippen LogP contribution is -2.60. The van der Waals surface area contributed by atoms with E-state index in [9.17, 15) is 33.1 Å². The van der Waals surface area contributed by atoms with Gasteiger partial charge in [0.05, 0.1) is 19.8 Å². The van der Waals surface area contributed by atoms with Crippen molar-refractivity contribution in [3.8, 4) is 0 Å². The maximum absolute atomic E-state index is 12.9. The van der Waals surface area contributed by atoms with Crippen molar-refractivity contribution in [2.45, 2.75) is 256 Å². The van der Waals surface area contributed by atoms with E-state index in [1.807, 2.05) is 0 Å². The molecule has 0 saturated carbocycles. The van der Waals surface area contributed by atoms with E-state index < -0.39 is 59.8 Å². The lowest BCUT2D eigenvalue weighted by Gasteiger charge is -2.41. The quantitative estimate of drug-likeness (QED) is 0.0197. The summed E-state index contributed by atoms with van der Waals surface area (Å²) in [5.41, 5.74) is 0. The number of aliphatic hydroxyl groups excluding tert-OH is 3. The van der Waals surface area contributed by atoms with Gasteiger partial charge in [-0.2, -0.15) is 8.42 Å². The smallest absolute Gasteiger partial charge is 0.397 e. The lowest BCUT2D eigenvalue weighted by molar-refractivity contribution is -0.301. The molecule has 66 heavy (non-hydrogen) atoms. The van der Waals surface area contributed by atoms with E-state index in [2.05, 4.69) is 66.6 Å². The molecule has 0 aromatic carbocycles. The number of hydrogen-bond donors (Lipinski definition) is 4. The summed E-state index contributed by atoms with van der Waals surface area (Å²) in [6, 6.07) is 0. The van der Waals surface area contributed by atoms with Crippen molar-refractivity contribution in [1.29, 1.82) is 0 Å². The molecule has 0 aliphatic carbocycles. The Hall–Kier alpha value is -1.94. The molecular formula is C53H96O12S. The zero-order valence-corrected chi connectivity index (χ0v) is 42.3. The first-order valence-electron chi connectivity index (χ1n) is 26.4. The lowest BCUT2D eigenvalue weighted by atomic mass is 9.99. The van der Waals surface area contributed by atoms with Gasteiger partial charge in [-0.05, 0) is 70.6 Å². The summed E-state index contributed by atoms with van der Waals surface area (Å²) in [6.07, 6.45) is 45.8. The monoisotopic (exact) mass is 957 g/mol. The van der Waals surface area contributed by atoms with Crippen molar-refractivity contribution in [2.24, 2.45) is 0 Å². The normalized spacial score (nSPS) is 19.9. The molecule has 6 atom stereocenters. The van der Waals surface area contributed by atoms with Gasteiger partial charge in [0.2, 0.25) is 0 Å². The molecule has 386 valence electrons. The predicted molar refractivity (Wildman–Crippen MR) is 266 cm³/mol. The molecule has 1 aliphatic rings. The Labute approximate surface area is 402 Å². The number of rotatable bonds is 46. The summed E-state index contributed by atoms with van der Waals surface area (Å²) in [5, 5.41) is 30.8. The molecular weight excluding hydrogens is 861 g/mol. The first-order chi connectivity index (χ1) is 32.1. The van der Waals surface area contributed by atoms with Crippen LogP contribution in [0, 0.1) is 0 Å². The SMILES string of the molecule is CC/C=C\C/C=C\C/C=C\CCCCCCCC(=O)OC(COCCCCCCCCCCCCCC/C=C\CCCCCCCCCC)COC1OC(CO)C(O)C(OS(=O)(=O)O)C1O. The van der Waals surface area contributed by atoms with E-state index in [0.717, 1.165) is 70.6 Å². The number of hydrogen-bond acceptors (Lipinski definition) is 11. The molecule has 0 spiro atoms. The second kappa shape index (κ2) is 44.3. The molecule has 0 radical (unpaired) electrons. The van der Waals surface area contributed by atoms with Crippen molar-refractivity contribution in [3.63, 3.8) is 0 Å². The second-order valence-corrected chi connectivity index (χ2v) is 19.1. The van der Waals surface area contributed by atoms with Crippen molar-refractivity contribution in [3.05, 3.63) is 48.6 Å². The highest BCUT2D eigenvalue weighted by atomic mass is 32.3. The molecule has 13 heteroatoms. The van der Waals surface area contributed by atoms with Crippen LogP contribution >= 0.6 is 0 Å².